The van der Waals surface area contributed by atoms with Gasteiger partial charge in [0.1, 0.15) is 35.4 Å². The molecule has 0 unspecified atom stereocenters. The van der Waals surface area contributed by atoms with Gasteiger partial charge in [-0.25, -0.2) is 0 Å². The number of hydrogen-bond donors (Lipinski definition) is 0. The van der Waals surface area contributed by atoms with Crippen LogP contribution in [0, 0.1) is 5.41 Å². The Hall–Kier alpha value is -4.44. The van der Waals surface area contributed by atoms with Crippen molar-refractivity contribution in [2.75, 3.05) is 13.2 Å². The van der Waals surface area contributed by atoms with Crippen LogP contribution in [0.2, 0.25) is 0 Å². The summed E-state index contributed by atoms with van der Waals surface area (Å²) in [7, 11) is 0. The summed E-state index contributed by atoms with van der Waals surface area (Å²) in [5.41, 5.74) is 1.19. The van der Waals surface area contributed by atoms with Crippen molar-refractivity contribution in [2.45, 2.75) is 91.1 Å². The molecule has 4 rings (SSSR count). The van der Waals surface area contributed by atoms with E-state index >= 15 is 0 Å². The molecule has 0 saturated heterocycles. The van der Waals surface area contributed by atoms with Gasteiger partial charge in [-0.15, -0.1) is 6.58 Å². The van der Waals surface area contributed by atoms with Crippen LogP contribution in [0.25, 0.3) is 0 Å². The standard InChI is InChI=1S/C45H54O8/c1-7-28-49-38(33-48-29-34-20-12-8-13-21-34)39(50-30-35-22-14-9-15-23-35)40(51-31-36-24-16-10-17-25-36)41(52-32-37-26-18-11-19-27-37)42(46)45(5,6)43(47)53-44(2,3)4/h7-27,38-41H,1,28-33H2,2-6H3/t38-,39+,40+,41-/m1/s1. The lowest BCUT2D eigenvalue weighted by molar-refractivity contribution is -0.202. The van der Waals surface area contributed by atoms with Crippen LogP contribution in [0.15, 0.2) is 134 Å². The SMILES string of the molecule is C=CCO[C@H](COCc1ccccc1)[C@H](OCc1ccccc1)[C@H](OCc1ccccc1)[C@@H](OCc1ccccc1)C(=O)C(C)(C)C(=O)OC(C)(C)C. The first-order valence-electron chi connectivity index (χ1n) is 18.1. The minimum atomic E-state index is -1.62. The lowest BCUT2D eigenvalue weighted by Gasteiger charge is -2.39. The number of ketones is 1. The summed E-state index contributed by atoms with van der Waals surface area (Å²) in [5.74, 6) is -1.18. The second-order valence-electron chi connectivity index (χ2n) is 14.4. The molecule has 0 aliphatic rings. The molecule has 53 heavy (non-hydrogen) atoms. The Labute approximate surface area is 315 Å². The van der Waals surface area contributed by atoms with Gasteiger partial charge in [-0.3, -0.25) is 9.59 Å². The Balaban J connectivity index is 1.81. The lowest BCUT2D eigenvalue weighted by Crippen LogP contribution is -2.56. The van der Waals surface area contributed by atoms with Gasteiger partial charge >= 0.3 is 5.97 Å². The van der Waals surface area contributed by atoms with Gasteiger partial charge in [0.2, 0.25) is 0 Å². The maximum Gasteiger partial charge on any atom is 0.319 e. The number of ether oxygens (including phenoxy) is 6. The number of carbonyl (C=O) groups is 2. The summed E-state index contributed by atoms with van der Waals surface area (Å²) in [6.45, 7) is 13.3. The van der Waals surface area contributed by atoms with Gasteiger partial charge in [-0.05, 0) is 56.9 Å². The fourth-order valence-electron chi connectivity index (χ4n) is 5.54. The molecule has 0 spiro atoms. The molecule has 0 aliphatic carbocycles. The van der Waals surface area contributed by atoms with Crippen LogP contribution in [0.3, 0.4) is 0 Å². The second kappa shape index (κ2) is 20.7. The highest BCUT2D eigenvalue weighted by molar-refractivity contribution is 6.05. The Kier molecular flexibility index (Phi) is 16.1. The topological polar surface area (TPSA) is 89.5 Å². The van der Waals surface area contributed by atoms with Crippen molar-refractivity contribution in [3.63, 3.8) is 0 Å². The minimum Gasteiger partial charge on any atom is -0.459 e. The number of carbonyl (C=O) groups excluding carboxylic acids is 2. The predicted octanol–water partition coefficient (Wildman–Crippen LogP) is 8.47. The predicted molar refractivity (Wildman–Crippen MR) is 206 cm³/mol. The van der Waals surface area contributed by atoms with Gasteiger partial charge in [0.15, 0.2) is 5.78 Å². The summed E-state index contributed by atoms with van der Waals surface area (Å²) in [6.07, 6.45) is -2.40. The zero-order valence-corrected chi connectivity index (χ0v) is 31.6. The molecule has 4 aromatic carbocycles. The maximum atomic E-state index is 14.9. The van der Waals surface area contributed by atoms with Gasteiger partial charge < -0.3 is 28.4 Å². The molecule has 8 heteroatoms. The van der Waals surface area contributed by atoms with Crippen molar-refractivity contribution in [3.05, 3.63) is 156 Å². The molecule has 4 aromatic rings. The molecule has 8 nitrogen and oxygen atoms in total. The Morgan fingerprint density at radius 1 is 0.585 bits per heavy atom. The third-order valence-corrected chi connectivity index (χ3v) is 8.44. The number of rotatable bonds is 22. The van der Waals surface area contributed by atoms with Crippen LogP contribution in [-0.2, 0) is 64.4 Å². The van der Waals surface area contributed by atoms with E-state index in [0.717, 1.165) is 22.3 Å². The van der Waals surface area contributed by atoms with Gasteiger partial charge in [0, 0.05) is 0 Å². The second-order valence-corrected chi connectivity index (χ2v) is 14.4. The van der Waals surface area contributed by atoms with Gasteiger partial charge in [-0.1, -0.05) is 127 Å². The largest absolute Gasteiger partial charge is 0.459 e. The molecule has 0 aliphatic heterocycles. The molecule has 0 bridgehead atoms. The summed E-state index contributed by atoms with van der Waals surface area (Å²) in [4.78, 5) is 28.6. The molecule has 0 N–H and O–H groups in total. The summed E-state index contributed by atoms with van der Waals surface area (Å²) >= 11 is 0. The van der Waals surface area contributed by atoms with Gasteiger partial charge in [0.25, 0.3) is 0 Å². The van der Waals surface area contributed by atoms with Crippen molar-refractivity contribution in [2.24, 2.45) is 5.41 Å². The molecule has 0 fully saturated rings. The van der Waals surface area contributed by atoms with E-state index in [4.69, 9.17) is 28.4 Å². The van der Waals surface area contributed by atoms with Crippen molar-refractivity contribution < 1.29 is 38.0 Å². The van der Waals surface area contributed by atoms with Crippen LogP contribution >= 0.6 is 0 Å². The Morgan fingerprint density at radius 2 is 1.00 bits per heavy atom. The fraction of sp³-hybridized carbons (Fsp3) is 0.378. The van der Waals surface area contributed by atoms with Crippen LogP contribution in [0.5, 0.6) is 0 Å². The molecule has 0 heterocycles. The van der Waals surface area contributed by atoms with E-state index in [9.17, 15) is 9.59 Å². The Morgan fingerprint density at radius 3 is 1.43 bits per heavy atom. The zero-order chi connectivity index (χ0) is 38.1. The number of Topliss-reactive ketones (excluding diaryl/α,β-unsaturated/α-hetero) is 1. The van der Waals surface area contributed by atoms with E-state index < -0.39 is 47.2 Å². The van der Waals surface area contributed by atoms with Crippen molar-refractivity contribution in [1.82, 2.24) is 0 Å². The molecular formula is C45H54O8. The van der Waals surface area contributed by atoms with Gasteiger partial charge in [0.05, 0.1) is 39.6 Å². The van der Waals surface area contributed by atoms with Crippen LogP contribution < -0.4 is 0 Å². The van der Waals surface area contributed by atoms with Crippen molar-refractivity contribution in [3.8, 4) is 0 Å². The molecule has 0 amide bonds. The van der Waals surface area contributed by atoms with E-state index in [2.05, 4.69) is 6.58 Å². The van der Waals surface area contributed by atoms with Crippen molar-refractivity contribution in [1.29, 1.82) is 0 Å². The first-order chi connectivity index (χ1) is 25.5. The van der Waals surface area contributed by atoms with Crippen LogP contribution in [0.4, 0.5) is 0 Å². The fourth-order valence-corrected chi connectivity index (χ4v) is 5.54. The lowest BCUT2D eigenvalue weighted by atomic mass is 9.82. The quantitative estimate of drug-likeness (QED) is 0.0454. The number of benzene rings is 4. The highest BCUT2D eigenvalue weighted by Gasteiger charge is 2.50. The van der Waals surface area contributed by atoms with E-state index in [0.29, 0.717) is 6.61 Å². The first kappa shape index (κ1) is 41.3. The zero-order valence-electron chi connectivity index (χ0n) is 31.6. The monoisotopic (exact) mass is 722 g/mol. The molecule has 0 saturated carbocycles. The summed E-state index contributed by atoms with van der Waals surface area (Å²) in [6, 6.07) is 38.8. The van der Waals surface area contributed by atoms with E-state index in [-0.39, 0.29) is 33.0 Å². The van der Waals surface area contributed by atoms with Gasteiger partial charge in [-0.2, -0.15) is 0 Å². The van der Waals surface area contributed by atoms with E-state index in [1.165, 1.54) is 0 Å². The number of hydrogen-bond acceptors (Lipinski definition) is 8. The third kappa shape index (κ3) is 13.5. The van der Waals surface area contributed by atoms with Crippen LogP contribution in [-0.4, -0.2) is 55.0 Å². The average Bonchev–Trinajstić information content (AvgIpc) is 3.16. The first-order valence-corrected chi connectivity index (χ1v) is 18.1. The molecular weight excluding hydrogens is 668 g/mol. The van der Waals surface area contributed by atoms with Crippen molar-refractivity contribution >= 4 is 11.8 Å². The summed E-state index contributed by atoms with van der Waals surface area (Å²) in [5, 5.41) is 0. The molecule has 282 valence electrons. The Bertz CT molecular complexity index is 1650. The smallest absolute Gasteiger partial charge is 0.319 e. The highest BCUT2D eigenvalue weighted by atomic mass is 16.6. The van der Waals surface area contributed by atoms with E-state index in [1.807, 2.05) is 121 Å². The van der Waals surface area contributed by atoms with Crippen LogP contribution in [0.1, 0.15) is 56.9 Å². The van der Waals surface area contributed by atoms with E-state index in [1.54, 1.807) is 40.7 Å². The normalized spacial score (nSPS) is 14.1. The highest BCUT2D eigenvalue weighted by Crippen LogP contribution is 2.31. The molecule has 4 atom stereocenters. The maximum absolute atomic E-state index is 14.9. The summed E-state index contributed by atoms with van der Waals surface area (Å²) < 4.78 is 38.5. The molecule has 0 radical (unpaired) electrons. The number of esters is 1. The third-order valence-electron chi connectivity index (χ3n) is 8.44. The average molecular weight is 723 g/mol. The minimum absolute atomic E-state index is 0.0704. The molecule has 0 aromatic heterocycles.